The Kier molecular flexibility index (Phi) is 1.70. The summed E-state index contributed by atoms with van der Waals surface area (Å²) >= 11 is 0. The van der Waals surface area contributed by atoms with Gasteiger partial charge in [-0.05, 0) is 23.8 Å². The Bertz CT molecular complexity index is 404. The number of benzene rings is 1. The highest BCUT2D eigenvalue weighted by molar-refractivity contribution is 5.65. The van der Waals surface area contributed by atoms with Crippen LogP contribution in [0.3, 0.4) is 0 Å². The lowest BCUT2D eigenvalue weighted by Gasteiger charge is -1.99. The summed E-state index contributed by atoms with van der Waals surface area (Å²) < 4.78 is 4.89. The van der Waals surface area contributed by atoms with Gasteiger partial charge >= 0.3 is 0 Å². The third-order valence-corrected chi connectivity index (χ3v) is 1.83. The highest BCUT2D eigenvalue weighted by atomic mass is 16.3. The summed E-state index contributed by atoms with van der Waals surface area (Å²) in [6, 6.07) is 6.42. The number of hydrogen-bond acceptors (Lipinski definition) is 3. The van der Waals surface area contributed by atoms with Gasteiger partial charge in [-0.1, -0.05) is 6.07 Å². The molecule has 0 bridgehead atoms. The molecule has 3 nitrogen and oxygen atoms in total. The molecule has 0 saturated heterocycles. The predicted molar refractivity (Wildman–Crippen MR) is 47.5 cm³/mol. The summed E-state index contributed by atoms with van der Waals surface area (Å²) in [6.07, 6.45) is 3.13. The third-order valence-electron chi connectivity index (χ3n) is 1.83. The monoisotopic (exact) mass is 176 g/mol. The van der Waals surface area contributed by atoms with Gasteiger partial charge in [-0.25, -0.2) is 0 Å². The first-order valence-corrected chi connectivity index (χ1v) is 3.82. The van der Waals surface area contributed by atoms with Crippen molar-refractivity contribution in [2.75, 3.05) is 0 Å². The van der Waals surface area contributed by atoms with Gasteiger partial charge in [0.25, 0.3) is 0 Å². The van der Waals surface area contributed by atoms with E-state index in [9.17, 15) is 5.11 Å². The Morgan fingerprint density at radius 1 is 0.923 bits per heavy atom. The van der Waals surface area contributed by atoms with Crippen LogP contribution in [0.1, 0.15) is 0 Å². The maximum atomic E-state index is 9.22. The molecular weight excluding hydrogens is 168 g/mol. The highest BCUT2D eigenvalue weighted by Gasteiger charge is 2.03. The van der Waals surface area contributed by atoms with Gasteiger partial charge in [0.15, 0.2) is 11.5 Å². The fourth-order valence-corrected chi connectivity index (χ4v) is 1.13. The molecule has 13 heavy (non-hydrogen) atoms. The molecule has 0 saturated carbocycles. The first kappa shape index (κ1) is 7.73. The standard InChI is InChI=1S/C10H8O3/c11-9-2-1-7(5-10(9)12)8-3-4-13-6-8/h1-6,11-12H. The van der Waals surface area contributed by atoms with Gasteiger partial charge in [-0.3, -0.25) is 0 Å². The van der Waals surface area contributed by atoms with Crippen molar-refractivity contribution >= 4 is 0 Å². The maximum absolute atomic E-state index is 9.22. The van der Waals surface area contributed by atoms with Gasteiger partial charge in [0, 0.05) is 5.56 Å². The van der Waals surface area contributed by atoms with Gasteiger partial charge in [0.1, 0.15) is 0 Å². The Morgan fingerprint density at radius 3 is 2.38 bits per heavy atom. The maximum Gasteiger partial charge on any atom is 0.158 e. The molecule has 2 rings (SSSR count). The summed E-state index contributed by atoms with van der Waals surface area (Å²) in [5, 5.41) is 18.3. The summed E-state index contributed by atoms with van der Waals surface area (Å²) in [4.78, 5) is 0. The second kappa shape index (κ2) is 2.86. The van der Waals surface area contributed by atoms with Gasteiger partial charge in [-0.2, -0.15) is 0 Å². The molecule has 66 valence electrons. The molecule has 0 fully saturated rings. The van der Waals surface area contributed by atoms with E-state index in [-0.39, 0.29) is 11.5 Å². The van der Waals surface area contributed by atoms with Crippen molar-refractivity contribution in [3.05, 3.63) is 36.8 Å². The zero-order valence-corrected chi connectivity index (χ0v) is 6.77. The van der Waals surface area contributed by atoms with Crippen LogP contribution >= 0.6 is 0 Å². The zero-order chi connectivity index (χ0) is 9.26. The van der Waals surface area contributed by atoms with Crippen molar-refractivity contribution in [2.45, 2.75) is 0 Å². The molecule has 0 amide bonds. The quantitative estimate of drug-likeness (QED) is 0.656. The molecule has 0 aliphatic heterocycles. The van der Waals surface area contributed by atoms with E-state index in [1.807, 2.05) is 0 Å². The van der Waals surface area contributed by atoms with Crippen LogP contribution in [0.2, 0.25) is 0 Å². The van der Waals surface area contributed by atoms with Crippen LogP contribution in [-0.2, 0) is 0 Å². The third kappa shape index (κ3) is 1.36. The van der Waals surface area contributed by atoms with E-state index in [0.717, 1.165) is 11.1 Å². The smallest absolute Gasteiger partial charge is 0.158 e. The number of aromatic hydroxyl groups is 2. The molecule has 0 radical (unpaired) electrons. The molecule has 1 aromatic heterocycles. The lowest BCUT2D eigenvalue weighted by atomic mass is 10.1. The van der Waals surface area contributed by atoms with Crippen molar-refractivity contribution in [3.63, 3.8) is 0 Å². The van der Waals surface area contributed by atoms with Crippen molar-refractivity contribution in [2.24, 2.45) is 0 Å². The van der Waals surface area contributed by atoms with Crippen LogP contribution in [0.15, 0.2) is 41.2 Å². The van der Waals surface area contributed by atoms with Crippen molar-refractivity contribution in [1.82, 2.24) is 0 Å². The average Bonchev–Trinajstić information content (AvgIpc) is 2.62. The molecule has 2 N–H and O–H groups in total. The van der Waals surface area contributed by atoms with Gasteiger partial charge in [0.05, 0.1) is 12.5 Å². The molecular formula is C10H8O3. The summed E-state index contributed by atoms with van der Waals surface area (Å²) in [5.41, 5.74) is 1.68. The second-order valence-electron chi connectivity index (χ2n) is 2.72. The lowest BCUT2D eigenvalue weighted by Crippen LogP contribution is -1.73. The Labute approximate surface area is 74.9 Å². The van der Waals surface area contributed by atoms with Crippen molar-refractivity contribution < 1.29 is 14.6 Å². The summed E-state index contributed by atoms with van der Waals surface area (Å²) in [6.45, 7) is 0. The SMILES string of the molecule is Oc1ccc(-c2ccoc2)cc1O. The largest absolute Gasteiger partial charge is 0.504 e. The molecule has 0 atom stereocenters. The Morgan fingerprint density at radius 2 is 1.77 bits per heavy atom. The van der Waals surface area contributed by atoms with Crippen LogP contribution < -0.4 is 0 Å². The first-order chi connectivity index (χ1) is 6.27. The Hall–Kier alpha value is -1.90. The minimum atomic E-state index is -0.126. The van der Waals surface area contributed by atoms with Crippen LogP contribution in [0.5, 0.6) is 11.5 Å². The topological polar surface area (TPSA) is 53.6 Å². The molecule has 0 spiro atoms. The van der Waals surface area contributed by atoms with E-state index < -0.39 is 0 Å². The second-order valence-corrected chi connectivity index (χ2v) is 2.72. The lowest BCUT2D eigenvalue weighted by molar-refractivity contribution is 0.404. The molecule has 3 heteroatoms. The van der Waals surface area contributed by atoms with Gasteiger partial charge in [0.2, 0.25) is 0 Å². The minimum Gasteiger partial charge on any atom is -0.504 e. The number of phenols is 2. The van der Waals surface area contributed by atoms with Crippen LogP contribution in [-0.4, -0.2) is 10.2 Å². The fourth-order valence-electron chi connectivity index (χ4n) is 1.13. The normalized spacial score (nSPS) is 10.2. The number of furan rings is 1. The van der Waals surface area contributed by atoms with E-state index in [0.29, 0.717) is 0 Å². The fraction of sp³-hybridized carbons (Fsp3) is 0. The predicted octanol–water partition coefficient (Wildman–Crippen LogP) is 2.36. The van der Waals surface area contributed by atoms with E-state index in [1.54, 1.807) is 24.7 Å². The van der Waals surface area contributed by atoms with Crippen LogP contribution in [0, 0.1) is 0 Å². The number of rotatable bonds is 1. The molecule has 1 aromatic carbocycles. The van der Waals surface area contributed by atoms with E-state index in [2.05, 4.69) is 0 Å². The highest BCUT2D eigenvalue weighted by Crippen LogP contribution is 2.30. The Balaban J connectivity index is 2.49. The number of hydrogen-bond donors (Lipinski definition) is 2. The molecule has 0 aliphatic carbocycles. The summed E-state index contributed by atoms with van der Waals surface area (Å²) in [5.74, 6) is -0.244. The average molecular weight is 176 g/mol. The van der Waals surface area contributed by atoms with E-state index >= 15 is 0 Å². The minimum absolute atomic E-state index is 0.118. The molecule has 2 aromatic rings. The summed E-state index contributed by atoms with van der Waals surface area (Å²) in [7, 11) is 0. The van der Waals surface area contributed by atoms with Crippen molar-refractivity contribution in [3.8, 4) is 22.6 Å². The van der Waals surface area contributed by atoms with Gasteiger partial charge in [-0.15, -0.1) is 0 Å². The van der Waals surface area contributed by atoms with E-state index in [1.165, 1.54) is 12.1 Å². The van der Waals surface area contributed by atoms with Crippen LogP contribution in [0.4, 0.5) is 0 Å². The zero-order valence-electron chi connectivity index (χ0n) is 6.77. The van der Waals surface area contributed by atoms with E-state index in [4.69, 9.17) is 9.52 Å². The van der Waals surface area contributed by atoms with Crippen molar-refractivity contribution in [1.29, 1.82) is 0 Å². The van der Waals surface area contributed by atoms with Gasteiger partial charge < -0.3 is 14.6 Å². The number of phenolic OH excluding ortho intramolecular Hbond substituents is 2. The molecule has 1 heterocycles. The molecule has 0 unspecified atom stereocenters. The molecule has 0 aliphatic rings. The van der Waals surface area contributed by atoms with Crippen LogP contribution in [0.25, 0.3) is 11.1 Å². The first-order valence-electron chi connectivity index (χ1n) is 3.82.